The number of halogens is 3. The normalized spacial score (nSPS) is 13.4. The Morgan fingerprint density at radius 2 is 1.78 bits per heavy atom. The standard InChI is InChI=1S/C13H18F3NO/c1-3-12(18)10-4-6-11(7-5-10)17(2)9-8-13(14,15)16/h4-7,12,18H,3,8-9H2,1-2H3/t12-/m0/s1. The highest BCUT2D eigenvalue weighted by molar-refractivity contribution is 5.47. The van der Waals surface area contributed by atoms with Crippen molar-refractivity contribution in [1.29, 1.82) is 0 Å². The maximum atomic E-state index is 12.1. The predicted molar refractivity (Wildman–Crippen MR) is 65.6 cm³/mol. The summed E-state index contributed by atoms with van der Waals surface area (Å²) in [7, 11) is 1.62. The molecule has 1 aromatic carbocycles. The molecule has 1 aromatic rings. The Bertz CT molecular complexity index is 361. The number of hydrogen-bond acceptors (Lipinski definition) is 2. The van der Waals surface area contributed by atoms with Crippen molar-refractivity contribution in [2.24, 2.45) is 0 Å². The van der Waals surface area contributed by atoms with Gasteiger partial charge in [-0.1, -0.05) is 19.1 Å². The molecule has 5 heteroatoms. The van der Waals surface area contributed by atoms with Gasteiger partial charge in [-0.25, -0.2) is 0 Å². The van der Waals surface area contributed by atoms with E-state index in [1.807, 2.05) is 6.92 Å². The van der Waals surface area contributed by atoms with Crippen LogP contribution >= 0.6 is 0 Å². The van der Waals surface area contributed by atoms with Gasteiger partial charge in [0.25, 0.3) is 0 Å². The first-order chi connectivity index (χ1) is 8.33. The average Bonchev–Trinajstić information content (AvgIpc) is 2.34. The number of aliphatic hydroxyl groups excluding tert-OH is 1. The number of benzene rings is 1. The van der Waals surface area contributed by atoms with Crippen molar-refractivity contribution in [2.45, 2.75) is 32.0 Å². The minimum Gasteiger partial charge on any atom is -0.388 e. The number of alkyl halides is 3. The molecule has 1 atom stereocenters. The third-order valence-electron chi connectivity index (χ3n) is 2.84. The van der Waals surface area contributed by atoms with Crippen LogP contribution in [0.5, 0.6) is 0 Å². The van der Waals surface area contributed by atoms with Gasteiger partial charge in [0.1, 0.15) is 0 Å². The zero-order valence-corrected chi connectivity index (χ0v) is 10.5. The van der Waals surface area contributed by atoms with Crippen molar-refractivity contribution in [3.05, 3.63) is 29.8 Å². The molecule has 0 saturated carbocycles. The summed E-state index contributed by atoms with van der Waals surface area (Å²) in [6.45, 7) is 1.80. The predicted octanol–water partition coefficient (Wildman–Crippen LogP) is 3.52. The van der Waals surface area contributed by atoms with Crippen molar-refractivity contribution in [3.8, 4) is 0 Å². The van der Waals surface area contributed by atoms with Gasteiger partial charge < -0.3 is 10.0 Å². The van der Waals surface area contributed by atoms with E-state index < -0.39 is 18.7 Å². The van der Waals surface area contributed by atoms with Crippen LogP contribution in [0.15, 0.2) is 24.3 Å². The Morgan fingerprint density at radius 1 is 1.22 bits per heavy atom. The molecule has 0 aromatic heterocycles. The van der Waals surface area contributed by atoms with Crippen molar-refractivity contribution in [3.63, 3.8) is 0 Å². The average molecular weight is 261 g/mol. The molecule has 0 spiro atoms. The van der Waals surface area contributed by atoms with Crippen LogP contribution in [-0.4, -0.2) is 24.9 Å². The molecule has 0 saturated heterocycles. The molecule has 18 heavy (non-hydrogen) atoms. The van der Waals surface area contributed by atoms with Gasteiger partial charge in [-0.05, 0) is 24.1 Å². The summed E-state index contributed by atoms with van der Waals surface area (Å²) >= 11 is 0. The van der Waals surface area contributed by atoms with Crippen molar-refractivity contribution in [1.82, 2.24) is 0 Å². The second kappa shape index (κ2) is 6.09. The van der Waals surface area contributed by atoms with E-state index in [2.05, 4.69) is 0 Å². The third-order valence-corrected chi connectivity index (χ3v) is 2.84. The molecule has 0 aliphatic carbocycles. The fraction of sp³-hybridized carbons (Fsp3) is 0.538. The van der Waals surface area contributed by atoms with Crippen LogP contribution in [0, 0.1) is 0 Å². The first-order valence-electron chi connectivity index (χ1n) is 5.89. The van der Waals surface area contributed by atoms with Crippen LogP contribution in [0.2, 0.25) is 0 Å². The maximum Gasteiger partial charge on any atom is 0.390 e. The van der Waals surface area contributed by atoms with Gasteiger partial charge in [-0.2, -0.15) is 13.2 Å². The Kier molecular flexibility index (Phi) is 5.02. The second-order valence-electron chi connectivity index (χ2n) is 4.30. The van der Waals surface area contributed by atoms with Crippen molar-refractivity contribution >= 4 is 5.69 Å². The number of anilines is 1. The Balaban J connectivity index is 2.62. The zero-order chi connectivity index (χ0) is 13.8. The molecule has 0 aliphatic rings. The molecular weight excluding hydrogens is 243 g/mol. The fourth-order valence-electron chi connectivity index (χ4n) is 1.61. The quantitative estimate of drug-likeness (QED) is 0.876. The molecule has 1 rings (SSSR count). The van der Waals surface area contributed by atoms with Gasteiger partial charge in [0.05, 0.1) is 12.5 Å². The van der Waals surface area contributed by atoms with Crippen LogP contribution in [0.3, 0.4) is 0 Å². The van der Waals surface area contributed by atoms with Gasteiger partial charge in [-0.3, -0.25) is 0 Å². The van der Waals surface area contributed by atoms with E-state index in [0.29, 0.717) is 12.1 Å². The lowest BCUT2D eigenvalue weighted by Gasteiger charge is -2.20. The summed E-state index contributed by atoms with van der Waals surface area (Å²) in [5.41, 5.74) is 1.50. The Labute approximate surface area is 105 Å². The van der Waals surface area contributed by atoms with Gasteiger partial charge in [0.15, 0.2) is 0 Å². The highest BCUT2D eigenvalue weighted by Gasteiger charge is 2.27. The molecule has 0 amide bonds. The largest absolute Gasteiger partial charge is 0.390 e. The smallest absolute Gasteiger partial charge is 0.388 e. The maximum absolute atomic E-state index is 12.1. The SMILES string of the molecule is CC[C@H](O)c1ccc(N(C)CCC(F)(F)F)cc1. The monoisotopic (exact) mass is 261 g/mol. The Hall–Kier alpha value is -1.23. The summed E-state index contributed by atoms with van der Waals surface area (Å²) < 4.78 is 36.3. The van der Waals surface area contributed by atoms with E-state index in [0.717, 1.165) is 5.56 Å². The van der Waals surface area contributed by atoms with Crippen molar-refractivity contribution in [2.75, 3.05) is 18.5 Å². The number of rotatable bonds is 5. The van der Waals surface area contributed by atoms with Crippen molar-refractivity contribution < 1.29 is 18.3 Å². The topological polar surface area (TPSA) is 23.5 Å². The molecule has 0 heterocycles. The van der Waals surface area contributed by atoms with Crippen LogP contribution in [0.25, 0.3) is 0 Å². The highest BCUT2D eigenvalue weighted by atomic mass is 19.4. The number of nitrogens with zero attached hydrogens (tertiary/aromatic N) is 1. The molecule has 2 nitrogen and oxygen atoms in total. The molecule has 0 aliphatic heterocycles. The Morgan fingerprint density at radius 3 is 2.22 bits per heavy atom. The minimum absolute atomic E-state index is 0.0703. The fourth-order valence-corrected chi connectivity index (χ4v) is 1.61. The van der Waals surface area contributed by atoms with Gasteiger partial charge in [0, 0.05) is 19.3 Å². The lowest BCUT2D eigenvalue weighted by atomic mass is 10.1. The van der Waals surface area contributed by atoms with E-state index in [-0.39, 0.29) is 6.54 Å². The molecule has 0 bridgehead atoms. The number of hydrogen-bond donors (Lipinski definition) is 1. The van der Waals surface area contributed by atoms with Crippen LogP contribution in [0.4, 0.5) is 18.9 Å². The molecule has 1 N–H and O–H groups in total. The van der Waals surface area contributed by atoms with E-state index in [4.69, 9.17) is 0 Å². The molecule has 0 radical (unpaired) electrons. The molecule has 0 fully saturated rings. The minimum atomic E-state index is -4.13. The summed E-state index contributed by atoms with van der Waals surface area (Å²) in [4.78, 5) is 1.55. The van der Waals surface area contributed by atoms with E-state index in [9.17, 15) is 18.3 Å². The molecular formula is C13H18F3NO. The van der Waals surface area contributed by atoms with Gasteiger partial charge in [0.2, 0.25) is 0 Å². The summed E-state index contributed by atoms with van der Waals surface area (Å²) in [5.74, 6) is 0. The zero-order valence-electron chi connectivity index (χ0n) is 10.5. The summed E-state index contributed by atoms with van der Waals surface area (Å²) in [6, 6.07) is 6.94. The first-order valence-corrected chi connectivity index (χ1v) is 5.89. The molecule has 102 valence electrons. The highest BCUT2D eigenvalue weighted by Crippen LogP contribution is 2.23. The summed E-state index contributed by atoms with van der Waals surface area (Å²) in [5, 5.41) is 9.61. The van der Waals surface area contributed by atoms with E-state index in [1.165, 1.54) is 0 Å². The lowest BCUT2D eigenvalue weighted by Crippen LogP contribution is -2.23. The number of aliphatic hydroxyl groups is 1. The molecule has 0 unspecified atom stereocenters. The van der Waals surface area contributed by atoms with Crippen LogP contribution < -0.4 is 4.90 Å². The van der Waals surface area contributed by atoms with Crippen LogP contribution in [0.1, 0.15) is 31.4 Å². The van der Waals surface area contributed by atoms with E-state index >= 15 is 0 Å². The second-order valence-corrected chi connectivity index (χ2v) is 4.30. The van der Waals surface area contributed by atoms with Gasteiger partial charge in [-0.15, -0.1) is 0 Å². The summed E-state index contributed by atoms with van der Waals surface area (Å²) in [6.07, 6.45) is -4.86. The first kappa shape index (κ1) is 14.8. The van der Waals surface area contributed by atoms with Crippen LogP contribution in [-0.2, 0) is 0 Å². The van der Waals surface area contributed by atoms with Gasteiger partial charge >= 0.3 is 6.18 Å². The lowest BCUT2D eigenvalue weighted by molar-refractivity contribution is -0.132. The van der Waals surface area contributed by atoms with E-state index in [1.54, 1.807) is 36.2 Å². The third kappa shape index (κ3) is 4.56.